The molecule has 2 rings (SSSR count). The minimum atomic E-state index is 0.0467. The molecule has 0 bridgehead atoms. The fourth-order valence-corrected chi connectivity index (χ4v) is 2.06. The van der Waals surface area contributed by atoms with Crippen LogP contribution in [0.25, 0.3) is 0 Å². The summed E-state index contributed by atoms with van der Waals surface area (Å²) in [6, 6.07) is 8.63. The summed E-state index contributed by atoms with van der Waals surface area (Å²) in [5.41, 5.74) is 9.97. The normalized spacial score (nSPS) is 12.6. The predicted octanol–water partition coefficient (Wildman–Crippen LogP) is 2.71. The molecule has 1 aromatic carbocycles. The molecular weight excluding hydrogens is 222 g/mol. The lowest BCUT2D eigenvalue weighted by atomic mass is 10.00. The Morgan fingerprint density at radius 1 is 1.17 bits per heavy atom. The molecule has 0 aliphatic rings. The zero-order valence-corrected chi connectivity index (χ0v) is 11.1. The van der Waals surface area contributed by atoms with E-state index in [1.54, 1.807) is 0 Å². The highest BCUT2D eigenvalue weighted by Gasteiger charge is 2.08. The van der Waals surface area contributed by atoms with Gasteiger partial charge in [0.15, 0.2) is 0 Å². The number of hydrogen-bond acceptors (Lipinski definition) is 2. The van der Waals surface area contributed by atoms with Gasteiger partial charge >= 0.3 is 0 Å². The molecule has 18 heavy (non-hydrogen) atoms. The van der Waals surface area contributed by atoms with Crippen LogP contribution in [0.2, 0.25) is 0 Å². The summed E-state index contributed by atoms with van der Waals surface area (Å²) < 4.78 is 1.93. The van der Waals surface area contributed by atoms with Gasteiger partial charge in [-0.25, -0.2) is 0 Å². The molecule has 96 valence electrons. The molecule has 0 aliphatic carbocycles. The molecule has 3 nitrogen and oxygen atoms in total. The monoisotopic (exact) mass is 243 g/mol. The Morgan fingerprint density at radius 2 is 1.89 bits per heavy atom. The summed E-state index contributed by atoms with van der Waals surface area (Å²) >= 11 is 0. The summed E-state index contributed by atoms with van der Waals surface area (Å²) in [5, 5.41) is 4.27. The molecule has 2 aromatic rings. The van der Waals surface area contributed by atoms with Crippen molar-refractivity contribution in [3.63, 3.8) is 0 Å². The van der Waals surface area contributed by atoms with Crippen LogP contribution < -0.4 is 5.73 Å². The van der Waals surface area contributed by atoms with Crippen LogP contribution in [0.1, 0.15) is 36.6 Å². The summed E-state index contributed by atoms with van der Waals surface area (Å²) in [6.07, 6.45) is 5.88. The molecule has 0 saturated heterocycles. The van der Waals surface area contributed by atoms with Gasteiger partial charge in [-0.05, 0) is 36.5 Å². The zero-order valence-electron chi connectivity index (χ0n) is 11.1. The van der Waals surface area contributed by atoms with E-state index in [9.17, 15) is 0 Å². The topological polar surface area (TPSA) is 43.8 Å². The van der Waals surface area contributed by atoms with Crippen LogP contribution in [-0.4, -0.2) is 9.78 Å². The first kappa shape index (κ1) is 12.8. The smallest absolute Gasteiger partial charge is 0.0522 e. The molecule has 1 aromatic heterocycles. The van der Waals surface area contributed by atoms with Gasteiger partial charge < -0.3 is 5.73 Å². The number of benzene rings is 1. The number of nitrogens with two attached hydrogens (primary N) is 1. The van der Waals surface area contributed by atoms with E-state index in [0.717, 1.165) is 19.4 Å². The first-order valence-electron chi connectivity index (χ1n) is 6.58. The van der Waals surface area contributed by atoms with Gasteiger partial charge in [0.05, 0.1) is 6.20 Å². The summed E-state index contributed by atoms with van der Waals surface area (Å²) in [6.45, 7) is 5.15. The average molecular weight is 243 g/mol. The average Bonchev–Trinajstić information content (AvgIpc) is 2.86. The van der Waals surface area contributed by atoms with Crippen molar-refractivity contribution in [1.82, 2.24) is 9.78 Å². The molecular formula is C15H21N3. The van der Waals surface area contributed by atoms with Crippen molar-refractivity contribution in [2.45, 2.75) is 39.3 Å². The van der Waals surface area contributed by atoms with Crippen LogP contribution in [0, 0.1) is 0 Å². The Labute approximate surface area is 109 Å². The Hall–Kier alpha value is -1.61. The van der Waals surface area contributed by atoms with Gasteiger partial charge in [-0.2, -0.15) is 5.10 Å². The van der Waals surface area contributed by atoms with E-state index < -0.39 is 0 Å². The van der Waals surface area contributed by atoms with Crippen molar-refractivity contribution >= 4 is 0 Å². The van der Waals surface area contributed by atoms with Crippen LogP contribution in [0.5, 0.6) is 0 Å². The minimum absolute atomic E-state index is 0.0467. The maximum absolute atomic E-state index is 6.23. The second-order valence-electron chi connectivity index (χ2n) is 4.61. The van der Waals surface area contributed by atoms with Crippen LogP contribution in [0.15, 0.2) is 36.7 Å². The van der Waals surface area contributed by atoms with Crippen molar-refractivity contribution in [2.24, 2.45) is 5.73 Å². The van der Waals surface area contributed by atoms with E-state index in [1.807, 2.05) is 10.9 Å². The number of aromatic nitrogens is 2. The number of nitrogens with zero attached hydrogens (tertiary/aromatic N) is 2. The van der Waals surface area contributed by atoms with E-state index in [1.165, 1.54) is 16.7 Å². The molecule has 0 amide bonds. The zero-order chi connectivity index (χ0) is 13.0. The molecule has 2 N–H and O–H groups in total. The lowest BCUT2D eigenvalue weighted by Crippen LogP contribution is -2.13. The highest BCUT2D eigenvalue weighted by Crippen LogP contribution is 2.16. The van der Waals surface area contributed by atoms with E-state index in [2.05, 4.69) is 49.4 Å². The van der Waals surface area contributed by atoms with E-state index in [4.69, 9.17) is 5.73 Å². The van der Waals surface area contributed by atoms with Crippen molar-refractivity contribution in [1.29, 1.82) is 0 Å². The van der Waals surface area contributed by atoms with Gasteiger partial charge in [0, 0.05) is 18.8 Å². The SMILES string of the molecule is CCc1ccc(C(N)Cc2cnn(CC)c2)cc1. The predicted molar refractivity (Wildman–Crippen MR) is 74.4 cm³/mol. The van der Waals surface area contributed by atoms with Crippen molar-refractivity contribution in [3.05, 3.63) is 53.3 Å². The Bertz CT molecular complexity index is 485. The lowest BCUT2D eigenvalue weighted by molar-refractivity contribution is 0.657. The van der Waals surface area contributed by atoms with Gasteiger partial charge in [-0.3, -0.25) is 4.68 Å². The molecule has 0 fully saturated rings. The number of hydrogen-bond donors (Lipinski definition) is 1. The molecule has 1 heterocycles. The molecule has 3 heteroatoms. The molecule has 0 saturated carbocycles. The van der Waals surface area contributed by atoms with Gasteiger partial charge in [0.1, 0.15) is 0 Å². The first-order chi connectivity index (χ1) is 8.72. The molecule has 1 atom stereocenters. The summed E-state index contributed by atoms with van der Waals surface area (Å²) in [4.78, 5) is 0. The second kappa shape index (κ2) is 5.83. The fraction of sp³-hybridized carbons (Fsp3) is 0.400. The lowest BCUT2D eigenvalue weighted by Gasteiger charge is -2.11. The highest BCUT2D eigenvalue weighted by atomic mass is 15.3. The third-order valence-electron chi connectivity index (χ3n) is 3.28. The quantitative estimate of drug-likeness (QED) is 0.877. The Morgan fingerprint density at radius 3 is 2.44 bits per heavy atom. The maximum atomic E-state index is 6.23. The van der Waals surface area contributed by atoms with Crippen LogP contribution >= 0.6 is 0 Å². The van der Waals surface area contributed by atoms with Gasteiger partial charge in [0.2, 0.25) is 0 Å². The van der Waals surface area contributed by atoms with Crippen molar-refractivity contribution in [2.75, 3.05) is 0 Å². The summed E-state index contributed by atoms with van der Waals surface area (Å²) in [5.74, 6) is 0. The minimum Gasteiger partial charge on any atom is -0.324 e. The van der Waals surface area contributed by atoms with E-state index >= 15 is 0 Å². The number of rotatable bonds is 5. The van der Waals surface area contributed by atoms with Gasteiger partial charge in [0.25, 0.3) is 0 Å². The molecule has 1 unspecified atom stereocenters. The van der Waals surface area contributed by atoms with Crippen molar-refractivity contribution < 1.29 is 0 Å². The van der Waals surface area contributed by atoms with Gasteiger partial charge in [-0.1, -0.05) is 31.2 Å². The van der Waals surface area contributed by atoms with E-state index in [-0.39, 0.29) is 6.04 Å². The van der Waals surface area contributed by atoms with Crippen LogP contribution in [0.4, 0.5) is 0 Å². The molecule has 0 radical (unpaired) electrons. The summed E-state index contributed by atoms with van der Waals surface area (Å²) in [7, 11) is 0. The number of aryl methyl sites for hydroxylation is 2. The molecule has 0 aliphatic heterocycles. The third kappa shape index (κ3) is 2.99. The fourth-order valence-electron chi connectivity index (χ4n) is 2.06. The van der Waals surface area contributed by atoms with Crippen LogP contribution in [-0.2, 0) is 19.4 Å². The van der Waals surface area contributed by atoms with Crippen molar-refractivity contribution in [3.8, 4) is 0 Å². The largest absolute Gasteiger partial charge is 0.324 e. The van der Waals surface area contributed by atoms with Crippen LogP contribution in [0.3, 0.4) is 0 Å². The first-order valence-corrected chi connectivity index (χ1v) is 6.58. The second-order valence-corrected chi connectivity index (χ2v) is 4.61. The van der Waals surface area contributed by atoms with E-state index in [0.29, 0.717) is 0 Å². The Balaban J connectivity index is 2.03. The highest BCUT2D eigenvalue weighted by molar-refractivity contribution is 5.26. The van der Waals surface area contributed by atoms with Gasteiger partial charge in [-0.15, -0.1) is 0 Å². The standard InChI is InChI=1S/C15H21N3/c1-3-12-5-7-14(8-6-12)15(16)9-13-10-17-18(4-2)11-13/h5-8,10-11,15H,3-4,9,16H2,1-2H3. The maximum Gasteiger partial charge on any atom is 0.0522 e. The third-order valence-corrected chi connectivity index (χ3v) is 3.28. The molecule has 0 spiro atoms. The Kier molecular flexibility index (Phi) is 4.15.